The van der Waals surface area contributed by atoms with Crippen LogP contribution in [0.4, 0.5) is 0 Å². The van der Waals surface area contributed by atoms with Crippen LogP contribution in [0.15, 0.2) is 60.7 Å². The summed E-state index contributed by atoms with van der Waals surface area (Å²) >= 11 is 6.37. The Bertz CT molecular complexity index is 1300. The van der Waals surface area contributed by atoms with Crippen molar-refractivity contribution in [3.63, 3.8) is 0 Å². The number of rotatable bonds is 3. The van der Waals surface area contributed by atoms with Gasteiger partial charge in [-0.15, -0.1) is 10.2 Å². The van der Waals surface area contributed by atoms with Crippen LogP contribution in [0.2, 0.25) is 5.02 Å². The van der Waals surface area contributed by atoms with Gasteiger partial charge in [-0.1, -0.05) is 61.0 Å². The van der Waals surface area contributed by atoms with Gasteiger partial charge in [-0.05, 0) is 78.2 Å². The van der Waals surface area contributed by atoms with Crippen LogP contribution in [-0.4, -0.2) is 26.2 Å². The van der Waals surface area contributed by atoms with Crippen molar-refractivity contribution in [3.8, 4) is 5.69 Å². The molecule has 2 aliphatic rings. The maximum Gasteiger partial charge on any atom is 0.151 e. The Labute approximate surface area is 200 Å². The number of nitrogens with zero attached hydrogens (tertiary/aromatic N) is 4. The molecule has 0 radical (unpaired) electrons. The van der Waals surface area contributed by atoms with Crippen LogP contribution in [0, 0.1) is 0 Å². The Morgan fingerprint density at radius 2 is 1.67 bits per heavy atom. The minimum Gasteiger partial charge on any atom is -0.292 e. The summed E-state index contributed by atoms with van der Waals surface area (Å²) in [6.07, 6.45) is 4.67. The summed E-state index contributed by atoms with van der Waals surface area (Å²) in [7, 11) is 0. The molecule has 1 aliphatic carbocycles. The Kier molecular flexibility index (Phi) is 5.43. The van der Waals surface area contributed by atoms with Gasteiger partial charge in [0.25, 0.3) is 0 Å². The molecule has 0 amide bonds. The van der Waals surface area contributed by atoms with E-state index in [0.29, 0.717) is 11.8 Å². The second kappa shape index (κ2) is 8.58. The highest BCUT2D eigenvalue weighted by Gasteiger charge is 2.31. The number of hydrogen-bond acceptors (Lipinski definition) is 3. The summed E-state index contributed by atoms with van der Waals surface area (Å²) in [6.45, 7) is 4.89. The molecule has 0 saturated heterocycles. The van der Waals surface area contributed by atoms with E-state index in [9.17, 15) is 0 Å². The van der Waals surface area contributed by atoms with Gasteiger partial charge in [0.05, 0.1) is 12.2 Å². The van der Waals surface area contributed by atoms with E-state index in [1.54, 1.807) is 0 Å². The number of fused-ring (bicyclic) bond motifs is 4. The zero-order valence-corrected chi connectivity index (χ0v) is 19.8. The van der Waals surface area contributed by atoms with Crippen molar-refractivity contribution >= 4 is 22.4 Å². The van der Waals surface area contributed by atoms with Crippen LogP contribution in [0.5, 0.6) is 0 Å². The van der Waals surface area contributed by atoms with E-state index in [1.165, 1.54) is 40.4 Å². The molecule has 0 bridgehead atoms. The number of benzene rings is 3. The van der Waals surface area contributed by atoms with E-state index in [4.69, 9.17) is 16.7 Å². The lowest BCUT2D eigenvalue weighted by Gasteiger charge is -2.29. The van der Waals surface area contributed by atoms with Gasteiger partial charge in [-0.2, -0.15) is 0 Å². The van der Waals surface area contributed by atoms with Gasteiger partial charge in [-0.25, -0.2) is 0 Å². The van der Waals surface area contributed by atoms with Crippen LogP contribution < -0.4 is 0 Å². The van der Waals surface area contributed by atoms with Crippen molar-refractivity contribution < 1.29 is 0 Å². The van der Waals surface area contributed by atoms with Gasteiger partial charge in [0.2, 0.25) is 0 Å². The first-order valence-electron chi connectivity index (χ1n) is 12.1. The second-order valence-corrected chi connectivity index (χ2v) is 9.94. The van der Waals surface area contributed by atoms with Crippen molar-refractivity contribution in [1.82, 2.24) is 19.7 Å². The van der Waals surface area contributed by atoms with Gasteiger partial charge in [0.15, 0.2) is 5.82 Å². The molecule has 0 spiro atoms. The molecule has 4 nitrogen and oxygen atoms in total. The number of hydrogen-bond donors (Lipinski definition) is 0. The van der Waals surface area contributed by atoms with Crippen molar-refractivity contribution in [2.24, 2.45) is 0 Å². The molecule has 5 heteroatoms. The number of halogens is 1. The Morgan fingerprint density at radius 3 is 2.52 bits per heavy atom. The first-order chi connectivity index (χ1) is 16.2. The van der Waals surface area contributed by atoms with Crippen LogP contribution >= 0.6 is 11.6 Å². The Balaban J connectivity index is 1.31. The molecule has 2 heterocycles. The summed E-state index contributed by atoms with van der Waals surface area (Å²) in [5.41, 5.74) is 3.96. The lowest BCUT2D eigenvalue weighted by atomic mass is 9.77. The van der Waals surface area contributed by atoms with E-state index >= 15 is 0 Å². The van der Waals surface area contributed by atoms with Crippen molar-refractivity contribution in [1.29, 1.82) is 0 Å². The quantitative estimate of drug-likeness (QED) is 0.338. The van der Waals surface area contributed by atoms with Gasteiger partial charge < -0.3 is 0 Å². The van der Waals surface area contributed by atoms with Crippen LogP contribution in [0.1, 0.15) is 67.2 Å². The third-order valence-electron chi connectivity index (χ3n) is 7.60. The summed E-state index contributed by atoms with van der Waals surface area (Å²) in [4.78, 5) is 2.41. The molecule has 3 aromatic carbocycles. The van der Waals surface area contributed by atoms with E-state index in [-0.39, 0.29) is 0 Å². The van der Waals surface area contributed by atoms with Gasteiger partial charge >= 0.3 is 0 Å². The van der Waals surface area contributed by atoms with Gasteiger partial charge in [0.1, 0.15) is 5.82 Å². The van der Waals surface area contributed by atoms with Crippen molar-refractivity contribution in [3.05, 3.63) is 88.5 Å². The molecule has 0 atom stereocenters. The van der Waals surface area contributed by atoms with Crippen molar-refractivity contribution in [2.45, 2.75) is 57.5 Å². The van der Waals surface area contributed by atoms with Crippen LogP contribution in [0.3, 0.4) is 0 Å². The maximum atomic E-state index is 6.37. The molecule has 1 fully saturated rings. The molecule has 0 unspecified atom stereocenters. The summed E-state index contributed by atoms with van der Waals surface area (Å²) in [5.74, 6) is 3.22. The summed E-state index contributed by atoms with van der Waals surface area (Å²) < 4.78 is 2.34. The SMILES string of the molecule is CCN1Cc2cc(Cl)ccc2-n2c(nnc2C2CCC(c3cccc4ccccc34)CC2)C1. The zero-order valence-electron chi connectivity index (χ0n) is 19.0. The summed E-state index contributed by atoms with van der Waals surface area (Å²) in [6, 6.07) is 21.8. The monoisotopic (exact) mass is 456 g/mol. The first-order valence-corrected chi connectivity index (χ1v) is 12.5. The smallest absolute Gasteiger partial charge is 0.151 e. The predicted octanol–water partition coefficient (Wildman–Crippen LogP) is 6.85. The Hall–Kier alpha value is -2.69. The number of aromatic nitrogens is 3. The molecular formula is C28H29ClN4. The fraction of sp³-hybridized carbons (Fsp3) is 0.357. The topological polar surface area (TPSA) is 34.0 Å². The van der Waals surface area contributed by atoms with Gasteiger partial charge in [-0.3, -0.25) is 9.47 Å². The van der Waals surface area contributed by atoms with Crippen LogP contribution in [0.25, 0.3) is 16.5 Å². The minimum absolute atomic E-state index is 0.439. The average Bonchev–Trinajstić information content (AvgIpc) is 3.19. The third kappa shape index (κ3) is 3.75. The maximum absolute atomic E-state index is 6.37. The van der Waals surface area contributed by atoms with Gasteiger partial charge in [0, 0.05) is 17.5 Å². The highest BCUT2D eigenvalue weighted by Crippen LogP contribution is 2.43. The molecule has 1 aromatic heterocycles. The molecule has 1 aliphatic heterocycles. The van der Waals surface area contributed by atoms with E-state index in [1.807, 2.05) is 6.07 Å². The molecule has 33 heavy (non-hydrogen) atoms. The largest absolute Gasteiger partial charge is 0.292 e. The first kappa shape index (κ1) is 20.9. The third-order valence-corrected chi connectivity index (χ3v) is 7.83. The average molecular weight is 457 g/mol. The standard InChI is InChI=1S/C28H29ClN4/c1-2-32-17-22-16-23(29)14-15-26(22)33-27(18-32)30-31-28(33)21-12-10-20(11-13-21)25-9-5-7-19-6-3-4-8-24(19)25/h3-9,14-16,20-21H,2,10-13,17-18H2,1H3. The normalized spacial score (nSPS) is 20.9. The molecule has 0 N–H and O–H groups in total. The highest BCUT2D eigenvalue weighted by atomic mass is 35.5. The lowest BCUT2D eigenvalue weighted by molar-refractivity contribution is 0.268. The van der Waals surface area contributed by atoms with E-state index < -0.39 is 0 Å². The fourth-order valence-corrected chi connectivity index (χ4v) is 6.04. The lowest BCUT2D eigenvalue weighted by Crippen LogP contribution is -2.21. The highest BCUT2D eigenvalue weighted by molar-refractivity contribution is 6.30. The van der Waals surface area contributed by atoms with Crippen LogP contribution in [-0.2, 0) is 13.1 Å². The molecule has 4 aromatic rings. The molecule has 6 rings (SSSR count). The molecule has 168 valence electrons. The fourth-order valence-electron chi connectivity index (χ4n) is 5.85. The minimum atomic E-state index is 0.439. The van der Waals surface area contributed by atoms with E-state index in [2.05, 4.69) is 76.1 Å². The predicted molar refractivity (Wildman–Crippen MR) is 134 cm³/mol. The second-order valence-electron chi connectivity index (χ2n) is 9.50. The Morgan fingerprint density at radius 1 is 0.879 bits per heavy atom. The molecule has 1 saturated carbocycles. The molecular weight excluding hydrogens is 428 g/mol. The summed E-state index contributed by atoms with van der Waals surface area (Å²) in [5, 5.41) is 13.0. The van der Waals surface area contributed by atoms with E-state index in [0.717, 1.165) is 49.1 Å². The zero-order chi connectivity index (χ0) is 22.4. The van der Waals surface area contributed by atoms with Crippen molar-refractivity contribution in [2.75, 3.05) is 6.54 Å².